The molecule has 0 N–H and O–H groups in total. The van der Waals surface area contributed by atoms with Crippen LogP contribution in [0.3, 0.4) is 0 Å². The van der Waals surface area contributed by atoms with E-state index in [1.54, 1.807) is 23.9 Å². The van der Waals surface area contributed by atoms with Crippen LogP contribution in [0.4, 0.5) is 10.2 Å². The van der Waals surface area contributed by atoms with Gasteiger partial charge >= 0.3 is 0 Å². The molecule has 0 bridgehead atoms. The van der Waals surface area contributed by atoms with E-state index in [2.05, 4.69) is 25.0 Å². The molecule has 3 aliphatic heterocycles. The summed E-state index contributed by atoms with van der Waals surface area (Å²) in [5.41, 5.74) is -0.462. The van der Waals surface area contributed by atoms with E-state index in [1.807, 2.05) is 25.7 Å². The molecule has 2 aromatic rings. The first-order valence-electron chi connectivity index (χ1n) is 17.4. The minimum Gasteiger partial charge on any atom is -0.434 e. The molecule has 4 heterocycles. The number of aromatic nitrogens is 3. The molecule has 3 amide bonds. The summed E-state index contributed by atoms with van der Waals surface area (Å²) in [5, 5.41) is 8.15. The normalized spacial score (nSPS) is 20.4. The number of anilines is 1. The number of hydrogen-bond acceptors (Lipinski definition) is 9. The Kier molecular flexibility index (Phi) is 9.61. The summed E-state index contributed by atoms with van der Waals surface area (Å²) in [4.78, 5) is 53.5. The topological polar surface area (TPSA) is 115 Å². The zero-order valence-corrected chi connectivity index (χ0v) is 29.0. The fourth-order valence-corrected chi connectivity index (χ4v) is 7.80. The molecule has 3 saturated heterocycles. The van der Waals surface area contributed by atoms with Crippen molar-refractivity contribution in [3.63, 3.8) is 0 Å². The highest BCUT2D eigenvalue weighted by Gasteiger charge is 2.58. The van der Waals surface area contributed by atoms with Crippen molar-refractivity contribution in [3.8, 4) is 11.6 Å². The van der Waals surface area contributed by atoms with E-state index in [1.165, 1.54) is 24.5 Å². The lowest BCUT2D eigenvalue weighted by molar-refractivity contribution is -0.149. The van der Waals surface area contributed by atoms with Crippen molar-refractivity contribution in [2.75, 3.05) is 71.4 Å². The largest absolute Gasteiger partial charge is 0.434 e. The van der Waals surface area contributed by atoms with Gasteiger partial charge in [-0.2, -0.15) is 0 Å². The van der Waals surface area contributed by atoms with Crippen molar-refractivity contribution < 1.29 is 23.5 Å². The Morgan fingerprint density at radius 1 is 1.04 bits per heavy atom. The number of nitrogens with zero attached hydrogens (tertiary/aromatic N) is 8. The number of likely N-dealkylation sites (tertiary alicyclic amines) is 2. The lowest BCUT2D eigenvalue weighted by Crippen LogP contribution is -2.61. The fraction of sp³-hybridized carbons (Fsp3) is 0.657. The minimum atomic E-state index is -0.796. The van der Waals surface area contributed by atoms with Gasteiger partial charge in [-0.3, -0.25) is 14.4 Å². The average Bonchev–Trinajstić information content (AvgIpc) is 3.87. The van der Waals surface area contributed by atoms with Crippen molar-refractivity contribution in [2.45, 2.75) is 65.3 Å². The van der Waals surface area contributed by atoms with Crippen LogP contribution in [-0.2, 0) is 9.59 Å². The van der Waals surface area contributed by atoms with Gasteiger partial charge in [0, 0.05) is 64.8 Å². The summed E-state index contributed by atoms with van der Waals surface area (Å²) in [5.74, 6) is 0.696. The number of benzene rings is 1. The molecule has 48 heavy (non-hydrogen) atoms. The van der Waals surface area contributed by atoms with Crippen LogP contribution in [0.1, 0.15) is 69.7 Å². The molecular formula is C35H49FN8O4. The number of hydrogen-bond donors (Lipinski definition) is 0. The number of rotatable bonds is 10. The Balaban J connectivity index is 1.01. The molecule has 1 spiro atoms. The fourth-order valence-electron chi connectivity index (χ4n) is 7.80. The van der Waals surface area contributed by atoms with Gasteiger partial charge in [-0.15, -0.1) is 10.2 Å². The van der Waals surface area contributed by atoms with Gasteiger partial charge in [0.2, 0.25) is 11.8 Å². The molecule has 12 nitrogen and oxygen atoms in total. The monoisotopic (exact) mass is 664 g/mol. The molecule has 1 aromatic heterocycles. The predicted octanol–water partition coefficient (Wildman–Crippen LogP) is 3.68. The van der Waals surface area contributed by atoms with E-state index in [4.69, 9.17) is 4.74 Å². The van der Waals surface area contributed by atoms with Gasteiger partial charge in [0.25, 0.3) is 11.8 Å². The van der Waals surface area contributed by atoms with E-state index in [9.17, 15) is 18.8 Å². The van der Waals surface area contributed by atoms with E-state index >= 15 is 0 Å². The van der Waals surface area contributed by atoms with Crippen LogP contribution in [0.15, 0.2) is 24.5 Å². The Bertz CT molecular complexity index is 1510. The summed E-state index contributed by atoms with van der Waals surface area (Å²) < 4.78 is 20.4. The van der Waals surface area contributed by atoms with Crippen LogP contribution in [0.5, 0.6) is 11.6 Å². The predicted molar refractivity (Wildman–Crippen MR) is 178 cm³/mol. The van der Waals surface area contributed by atoms with Gasteiger partial charge in [0.15, 0.2) is 5.82 Å². The van der Waals surface area contributed by atoms with Crippen LogP contribution < -0.4 is 9.64 Å². The van der Waals surface area contributed by atoms with E-state index in [0.717, 1.165) is 71.5 Å². The molecular weight excluding hydrogens is 615 g/mol. The third kappa shape index (κ3) is 6.70. The molecule has 1 aromatic carbocycles. The zero-order valence-electron chi connectivity index (χ0n) is 29.0. The summed E-state index contributed by atoms with van der Waals surface area (Å²) in [6.45, 7) is 12.5. The first-order chi connectivity index (χ1) is 22.9. The SMILES string of the molecule is CCN(C(=O)c1cc(F)ccc1Oc1nncnc1N1CC2(CCN(CC3CCN(C(=O)C4(C(=O)N(C)C)CC4)CC3)CC2)C1)C(C)C. The van der Waals surface area contributed by atoms with Crippen molar-refractivity contribution in [1.82, 2.24) is 34.8 Å². The number of piperidine rings is 2. The lowest BCUT2D eigenvalue weighted by Gasteiger charge is -2.54. The number of carbonyl (C=O) groups excluding carboxylic acids is 3. The molecule has 13 heteroatoms. The van der Waals surface area contributed by atoms with Gasteiger partial charge < -0.3 is 29.2 Å². The second-order valence-electron chi connectivity index (χ2n) is 14.7. The maximum Gasteiger partial charge on any atom is 0.282 e. The maximum atomic E-state index is 14.3. The summed E-state index contributed by atoms with van der Waals surface area (Å²) in [6.07, 6.45) is 6.87. The molecule has 6 rings (SSSR count). The molecule has 0 atom stereocenters. The van der Waals surface area contributed by atoms with Crippen molar-refractivity contribution >= 4 is 23.5 Å². The molecule has 1 saturated carbocycles. The highest BCUT2D eigenvalue weighted by Crippen LogP contribution is 2.49. The first-order valence-corrected chi connectivity index (χ1v) is 17.4. The number of ether oxygens (including phenoxy) is 1. The van der Waals surface area contributed by atoms with Crippen molar-refractivity contribution in [1.29, 1.82) is 0 Å². The van der Waals surface area contributed by atoms with Crippen molar-refractivity contribution in [3.05, 3.63) is 35.9 Å². The molecule has 4 aliphatic rings. The van der Waals surface area contributed by atoms with E-state index in [0.29, 0.717) is 31.1 Å². The molecule has 1 aliphatic carbocycles. The Morgan fingerprint density at radius 2 is 1.73 bits per heavy atom. The van der Waals surface area contributed by atoms with Crippen molar-refractivity contribution in [2.24, 2.45) is 16.7 Å². The highest BCUT2D eigenvalue weighted by atomic mass is 19.1. The van der Waals surface area contributed by atoms with Gasteiger partial charge in [0.05, 0.1) is 5.56 Å². The Labute approximate surface area is 282 Å². The molecule has 0 radical (unpaired) electrons. The highest BCUT2D eigenvalue weighted by molar-refractivity contribution is 6.07. The van der Waals surface area contributed by atoms with Gasteiger partial charge in [-0.25, -0.2) is 9.37 Å². The number of halogens is 1. The number of carbonyl (C=O) groups is 3. The summed E-state index contributed by atoms with van der Waals surface area (Å²) >= 11 is 0. The average molecular weight is 665 g/mol. The third-order valence-corrected chi connectivity index (χ3v) is 10.8. The standard InChI is InChI=1S/C35H49FN8O4/c1-6-44(24(2)3)31(45)27-19-26(36)7-8-28(27)48-30-29(37-23-38-39-30)43-21-34(22-43)13-17-41(18-14-34)20-25-9-15-42(16-10-25)33(47)35(11-12-35)32(46)40(4)5/h7-8,19,23-25H,6,9-18,20-22H2,1-5H3. The van der Waals surface area contributed by atoms with Crippen LogP contribution in [-0.4, -0.2) is 125 Å². The Hall–Kier alpha value is -3.87. The van der Waals surface area contributed by atoms with Crippen LogP contribution in [0.2, 0.25) is 0 Å². The van der Waals surface area contributed by atoms with Gasteiger partial charge in [-0.05, 0) is 96.5 Å². The third-order valence-electron chi connectivity index (χ3n) is 10.8. The summed E-state index contributed by atoms with van der Waals surface area (Å²) in [6, 6.07) is 3.88. The molecule has 0 unspecified atom stereocenters. The first kappa shape index (κ1) is 34.0. The number of amides is 3. The van der Waals surface area contributed by atoms with Gasteiger partial charge in [0.1, 0.15) is 23.3 Å². The van der Waals surface area contributed by atoms with Crippen LogP contribution in [0.25, 0.3) is 0 Å². The Morgan fingerprint density at radius 3 is 2.33 bits per heavy atom. The second-order valence-corrected chi connectivity index (χ2v) is 14.7. The van der Waals surface area contributed by atoms with E-state index < -0.39 is 11.2 Å². The summed E-state index contributed by atoms with van der Waals surface area (Å²) in [7, 11) is 3.46. The van der Waals surface area contributed by atoms with Crippen LogP contribution >= 0.6 is 0 Å². The van der Waals surface area contributed by atoms with Crippen LogP contribution in [0, 0.1) is 22.6 Å². The van der Waals surface area contributed by atoms with E-state index in [-0.39, 0.29) is 46.4 Å². The quantitative estimate of drug-likeness (QED) is 0.351. The molecule has 4 fully saturated rings. The maximum absolute atomic E-state index is 14.3. The van der Waals surface area contributed by atoms with Gasteiger partial charge in [-0.1, -0.05) is 0 Å². The zero-order chi connectivity index (χ0) is 34.2. The second kappa shape index (κ2) is 13.6. The minimum absolute atomic E-state index is 0.0300. The smallest absolute Gasteiger partial charge is 0.282 e. The molecule has 260 valence electrons. The lowest BCUT2D eigenvalue weighted by atomic mass is 9.72.